The van der Waals surface area contributed by atoms with Gasteiger partial charge in [-0.3, -0.25) is 4.79 Å². The summed E-state index contributed by atoms with van der Waals surface area (Å²) in [5.41, 5.74) is -0.206. The fourth-order valence-electron chi connectivity index (χ4n) is 3.43. The highest BCUT2D eigenvalue weighted by molar-refractivity contribution is 5.87. The van der Waals surface area contributed by atoms with Crippen molar-refractivity contribution in [2.45, 2.75) is 76.3 Å². The fourth-order valence-corrected chi connectivity index (χ4v) is 3.43. The second-order valence-electron chi connectivity index (χ2n) is 6.08. The predicted molar refractivity (Wildman–Crippen MR) is 69.9 cm³/mol. The van der Waals surface area contributed by atoms with Gasteiger partial charge in [-0.25, -0.2) is 0 Å². The van der Waals surface area contributed by atoms with Gasteiger partial charge in [-0.05, 0) is 45.6 Å². The van der Waals surface area contributed by atoms with E-state index in [0.717, 1.165) is 45.1 Å². The average molecular weight is 238 g/mol. The first kappa shape index (κ1) is 12.9. The first-order chi connectivity index (χ1) is 8.10. The molecule has 0 radical (unpaired) electrons. The zero-order valence-corrected chi connectivity index (χ0v) is 11.3. The molecule has 1 saturated heterocycles. The maximum absolute atomic E-state index is 12.5. The van der Waals surface area contributed by atoms with E-state index >= 15 is 0 Å². The molecule has 1 aliphatic carbocycles. The quantitative estimate of drug-likeness (QED) is 0.789. The molecule has 2 N–H and O–H groups in total. The third-order valence-corrected chi connectivity index (χ3v) is 4.48. The summed E-state index contributed by atoms with van der Waals surface area (Å²) in [6.45, 7) is 5.35. The van der Waals surface area contributed by atoms with Gasteiger partial charge >= 0.3 is 0 Å². The number of nitrogens with one attached hydrogen (secondary N) is 2. The molecule has 0 aromatic heterocycles. The molecule has 2 fully saturated rings. The van der Waals surface area contributed by atoms with Gasteiger partial charge in [0.15, 0.2) is 0 Å². The molecule has 1 unspecified atom stereocenters. The highest BCUT2D eigenvalue weighted by atomic mass is 16.2. The summed E-state index contributed by atoms with van der Waals surface area (Å²) in [6.07, 6.45) is 8.96. The lowest BCUT2D eigenvalue weighted by Gasteiger charge is -2.34. The Morgan fingerprint density at radius 3 is 2.47 bits per heavy atom. The molecule has 0 spiro atoms. The minimum Gasteiger partial charge on any atom is -0.349 e. The van der Waals surface area contributed by atoms with E-state index in [1.807, 2.05) is 0 Å². The van der Waals surface area contributed by atoms with Crippen LogP contribution in [0.5, 0.6) is 0 Å². The highest BCUT2D eigenvalue weighted by Gasteiger charge is 2.43. The van der Waals surface area contributed by atoms with Crippen molar-refractivity contribution in [3.05, 3.63) is 0 Å². The number of carbonyl (C=O) groups is 1. The Morgan fingerprint density at radius 2 is 1.94 bits per heavy atom. The third-order valence-electron chi connectivity index (χ3n) is 4.48. The van der Waals surface area contributed by atoms with Gasteiger partial charge in [0, 0.05) is 5.54 Å². The Bertz CT molecular complexity index is 276. The van der Waals surface area contributed by atoms with Crippen LogP contribution in [0.3, 0.4) is 0 Å². The van der Waals surface area contributed by atoms with Crippen molar-refractivity contribution in [2.24, 2.45) is 0 Å². The molecule has 0 aromatic rings. The van der Waals surface area contributed by atoms with Gasteiger partial charge in [0.1, 0.15) is 0 Å². The minimum atomic E-state index is -0.264. The summed E-state index contributed by atoms with van der Waals surface area (Å²) in [5.74, 6) is 0.251. The van der Waals surface area contributed by atoms with E-state index < -0.39 is 0 Å². The van der Waals surface area contributed by atoms with Gasteiger partial charge < -0.3 is 10.6 Å². The van der Waals surface area contributed by atoms with Crippen LogP contribution in [0.25, 0.3) is 0 Å². The zero-order chi connectivity index (χ0) is 12.4. The van der Waals surface area contributed by atoms with E-state index in [2.05, 4.69) is 24.5 Å². The van der Waals surface area contributed by atoms with Gasteiger partial charge in [-0.2, -0.15) is 0 Å². The van der Waals surface area contributed by atoms with E-state index in [1.165, 1.54) is 12.8 Å². The molecule has 0 bridgehead atoms. The number of hydrogen-bond donors (Lipinski definition) is 2. The van der Waals surface area contributed by atoms with Crippen LogP contribution in [-0.4, -0.2) is 23.5 Å². The van der Waals surface area contributed by atoms with Crippen molar-refractivity contribution in [2.75, 3.05) is 6.54 Å². The van der Waals surface area contributed by atoms with Gasteiger partial charge in [0.2, 0.25) is 5.91 Å². The molecule has 1 saturated carbocycles. The second-order valence-corrected chi connectivity index (χ2v) is 6.08. The smallest absolute Gasteiger partial charge is 0.240 e. The largest absolute Gasteiger partial charge is 0.349 e. The van der Waals surface area contributed by atoms with Gasteiger partial charge in [0.05, 0.1) is 5.54 Å². The van der Waals surface area contributed by atoms with E-state index in [4.69, 9.17) is 0 Å². The first-order valence-electron chi connectivity index (χ1n) is 7.18. The van der Waals surface area contributed by atoms with Crippen LogP contribution in [0, 0.1) is 0 Å². The third kappa shape index (κ3) is 2.65. The molecule has 3 nitrogen and oxygen atoms in total. The van der Waals surface area contributed by atoms with Crippen molar-refractivity contribution in [3.63, 3.8) is 0 Å². The number of hydrogen-bond acceptors (Lipinski definition) is 2. The monoisotopic (exact) mass is 238 g/mol. The van der Waals surface area contributed by atoms with E-state index in [0.29, 0.717) is 0 Å². The van der Waals surface area contributed by atoms with Crippen LogP contribution in [-0.2, 0) is 4.79 Å². The summed E-state index contributed by atoms with van der Waals surface area (Å²) >= 11 is 0. The van der Waals surface area contributed by atoms with Crippen LogP contribution in [0.2, 0.25) is 0 Å². The zero-order valence-electron chi connectivity index (χ0n) is 11.3. The van der Waals surface area contributed by atoms with Gasteiger partial charge in [0.25, 0.3) is 0 Å². The molecule has 2 aliphatic rings. The summed E-state index contributed by atoms with van der Waals surface area (Å²) in [5, 5.41) is 6.77. The molecule has 3 heteroatoms. The predicted octanol–water partition coefficient (Wildman–Crippen LogP) is 2.36. The SMILES string of the molecule is CCCC1(C(=O)NC2(C)CCCC2)CCCN1. The lowest BCUT2D eigenvalue weighted by atomic mass is 9.89. The Hall–Kier alpha value is -0.570. The molecule has 98 valence electrons. The lowest BCUT2D eigenvalue weighted by molar-refractivity contribution is -0.129. The lowest BCUT2D eigenvalue weighted by Crippen LogP contribution is -2.58. The van der Waals surface area contributed by atoms with Crippen molar-refractivity contribution < 1.29 is 4.79 Å². The Morgan fingerprint density at radius 1 is 1.24 bits per heavy atom. The molecular formula is C14H26N2O. The van der Waals surface area contributed by atoms with Crippen molar-refractivity contribution >= 4 is 5.91 Å². The molecule has 1 aliphatic heterocycles. The van der Waals surface area contributed by atoms with E-state index in [-0.39, 0.29) is 17.0 Å². The number of amides is 1. The molecule has 2 rings (SSSR count). The molecule has 1 amide bonds. The summed E-state index contributed by atoms with van der Waals surface area (Å²) in [4.78, 5) is 12.5. The second kappa shape index (κ2) is 4.97. The standard InChI is InChI=1S/C14H26N2O/c1-3-7-14(10-6-11-15-14)12(17)16-13(2)8-4-5-9-13/h15H,3-11H2,1-2H3,(H,16,17). The Balaban J connectivity index is 2.01. The van der Waals surface area contributed by atoms with Crippen molar-refractivity contribution in [1.82, 2.24) is 10.6 Å². The van der Waals surface area contributed by atoms with Crippen molar-refractivity contribution in [3.8, 4) is 0 Å². The highest BCUT2D eigenvalue weighted by Crippen LogP contribution is 2.31. The topological polar surface area (TPSA) is 41.1 Å². The maximum atomic E-state index is 12.5. The first-order valence-corrected chi connectivity index (χ1v) is 7.18. The fraction of sp³-hybridized carbons (Fsp3) is 0.929. The van der Waals surface area contributed by atoms with E-state index in [9.17, 15) is 4.79 Å². The summed E-state index contributed by atoms with van der Waals surface area (Å²) in [7, 11) is 0. The van der Waals surface area contributed by atoms with Crippen LogP contribution in [0.15, 0.2) is 0 Å². The van der Waals surface area contributed by atoms with Gasteiger partial charge in [-0.15, -0.1) is 0 Å². The molecule has 0 aromatic carbocycles. The molecule has 17 heavy (non-hydrogen) atoms. The van der Waals surface area contributed by atoms with Crippen LogP contribution in [0.4, 0.5) is 0 Å². The maximum Gasteiger partial charge on any atom is 0.240 e. The normalized spacial score (nSPS) is 31.6. The van der Waals surface area contributed by atoms with Gasteiger partial charge in [-0.1, -0.05) is 26.2 Å². The van der Waals surface area contributed by atoms with Crippen molar-refractivity contribution in [1.29, 1.82) is 0 Å². The molecule has 1 heterocycles. The van der Waals surface area contributed by atoms with E-state index in [1.54, 1.807) is 0 Å². The minimum absolute atomic E-state index is 0.0576. The Labute approximate surface area is 105 Å². The van der Waals surface area contributed by atoms with Crippen LogP contribution >= 0.6 is 0 Å². The summed E-state index contributed by atoms with van der Waals surface area (Å²) < 4.78 is 0. The average Bonchev–Trinajstić information content (AvgIpc) is 2.89. The Kier molecular flexibility index (Phi) is 3.76. The summed E-state index contributed by atoms with van der Waals surface area (Å²) in [6, 6.07) is 0. The number of carbonyl (C=O) groups excluding carboxylic acids is 1. The van der Waals surface area contributed by atoms with Crippen LogP contribution < -0.4 is 10.6 Å². The molecule has 1 atom stereocenters. The number of rotatable bonds is 4. The van der Waals surface area contributed by atoms with Crippen LogP contribution in [0.1, 0.15) is 65.2 Å². The molecular weight excluding hydrogens is 212 g/mol.